The van der Waals surface area contributed by atoms with Crippen molar-refractivity contribution in [2.75, 3.05) is 14.1 Å². The first-order chi connectivity index (χ1) is 44.0. The van der Waals surface area contributed by atoms with Gasteiger partial charge >= 0.3 is 17.9 Å². The molecule has 21 nitrogen and oxygen atoms in total. The molecule has 4 aromatic rings. The van der Waals surface area contributed by atoms with E-state index in [1.54, 1.807) is 64.3 Å². The normalized spacial score (nSPS) is 32.5. The van der Waals surface area contributed by atoms with Crippen molar-refractivity contribution >= 4 is 75.6 Å². The van der Waals surface area contributed by atoms with Gasteiger partial charge in [-0.3, -0.25) is 38.4 Å². The summed E-state index contributed by atoms with van der Waals surface area (Å²) in [6.45, 7) is 11.7. The highest BCUT2D eigenvalue weighted by molar-refractivity contribution is 8.26. The van der Waals surface area contributed by atoms with Crippen LogP contribution in [-0.2, 0) is 51.1 Å². The number of ether oxygens (including phenoxy) is 2. The van der Waals surface area contributed by atoms with E-state index in [1.165, 1.54) is 16.0 Å². The molecule has 8 aliphatic rings. The summed E-state index contributed by atoms with van der Waals surface area (Å²) in [6.07, 6.45) is 13.9. The summed E-state index contributed by atoms with van der Waals surface area (Å²) in [4.78, 5) is 114. The molecule has 8 aliphatic carbocycles. The summed E-state index contributed by atoms with van der Waals surface area (Å²) >= 11 is 0.591. The first kappa shape index (κ1) is 66.9. The molecule has 2 heterocycles. The Hall–Kier alpha value is -7.56. The lowest BCUT2D eigenvalue weighted by Gasteiger charge is -2.60. The van der Waals surface area contributed by atoms with E-state index >= 15 is 0 Å². The second-order valence-electron chi connectivity index (χ2n) is 28.6. The van der Waals surface area contributed by atoms with Crippen molar-refractivity contribution in [3.63, 3.8) is 0 Å². The number of carbonyl (C=O) groups excluding carboxylic acids is 8. The Morgan fingerprint density at radius 3 is 1.45 bits per heavy atom. The van der Waals surface area contributed by atoms with Crippen molar-refractivity contribution in [1.29, 1.82) is 0 Å². The van der Waals surface area contributed by atoms with Gasteiger partial charge in [0.15, 0.2) is 17.2 Å². The monoisotopic (exact) mass is 1290 g/mol. The first-order valence-electron chi connectivity index (χ1n) is 32.9. The summed E-state index contributed by atoms with van der Waals surface area (Å²) in [6, 6.07) is 14.4. The number of thioether (sulfide) groups is 1. The number of Topliss-reactive ketones (excluding diaryl/α,β-unsaturated/α-hetero) is 2. The Morgan fingerprint density at radius 1 is 0.624 bits per heavy atom. The van der Waals surface area contributed by atoms with E-state index < -0.39 is 74.3 Å². The van der Waals surface area contributed by atoms with Crippen LogP contribution in [0.3, 0.4) is 0 Å². The Labute approximate surface area is 545 Å². The van der Waals surface area contributed by atoms with Gasteiger partial charge in [0.2, 0.25) is 22.5 Å². The number of aliphatic hydroxyl groups is 2. The van der Waals surface area contributed by atoms with E-state index in [4.69, 9.17) is 31.1 Å². The molecule has 3 amide bonds. The van der Waals surface area contributed by atoms with Crippen molar-refractivity contribution < 1.29 is 67.9 Å². The van der Waals surface area contributed by atoms with E-state index in [9.17, 15) is 58.5 Å². The lowest BCUT2D eigenvalue weighted by Crippen LogP contribution is -2.63. The fourth-order valence-corrected chi connectivity index (χ4v) is 19.9. The molecule has 0 radical (unpaired) electrons. The number of carboxylic acids is 1. The zero-order valence-electron chi connectivity index (χ0n) is 54.4. The van der Waals surface area contributed by atoms with Crippen LogP contribution in [0.5, 0.6) is 0 Å². The maximum absolute atomic E-state index is 14.0. The zero-order valence-corrected chi connectivity index (χ0v) is 55.2. The summed E-state index contributed by atoms with van der Waals surface area (Å²) in [5.74, 6) is -3.43. The zero-order chi connectivity index (χ0) is 67.1. The number of allylic oxidation sites excluding steroid dienone is 2. The Morgan fingerprint density at radius 2 is 1.04 bits per heavy atom. The standard InChI is InChI=1S/C37H46N4O7S.C34H41N3O7/c1-6-31(45)48-37(33(46)49-34(47)40(4)5)15-14-26-25-11-10-23-17-27-22(18-35(23,2)32(25)29(43)19-36(26,37)3)20-39-41(27)24-9-7-8-21(16-24)28(42)12-13-30(38)44;1-4-29(41)44-34(31(42)43)13-12-24-23-9-8-21-15-25-20(16-32(21,2)30(23)27(39)17-33(24,34)3)18-36-37(25)22-7-5-6-19(14-22)26(38)10-11-28(35)40/h7-9,16-17,20,25-26,29,32,43H,6,10-15,18-19H2,1-5H3,(H2,38,44);5-7,14-15,18,23-24,27,30,39H,4,8-13,16-17H2,1-3H3,(H2,35,40)(H,42,43)/t25-,26-,29-,32+,35-,36-,37-;23-,24-,27-,30+,32-,33-,34-/m00/s1. The number of fused-ring (bicyclic) bond motifs is 12. The Balaban J connectivity index is 0.000000191. The van der Waals surface area contributed by atoms with Gasteiger partial charge in [0, 0.05) is 86.3 Å². The molecule has 12 rings (SSSR count). The van der Waals surface area contributed by atoms with Crippen LogP contribution in [0.25, 0.3) is 23.5 Å². The van der Waals surface area contributed by atoms with Crippen molar-refractivity contribution in [3.05, 3.63) is 106 Å². The number of amides is 3. The SMILES string of the molecule is CCC(=O)O[C@]1(C(=O)O)CC[C@H]2[C@@H]3CCC4=Cc5c(cnn5-c5cccc(C(=O)CCC(N)=O)c5)C[C@]4(C)[C@H]3[C@@H](O)C[C@@]21C.CCC(=O)O[C@]1(C(=O)SC(=O)N(C)C)CC[C@H]2[C@@H]3CCC4=Cc5c(cnn5-c5cccc(C(=O)CCC(N)=O)c5)C[C@]4(C)[C@H]3[C@@H](O)C[C@@]21C. The number of carbonyl (C=O) groups is 9. The third-order valence-electron chi connectivity index (χ3n) is 23.5. The highest BCUT2D eigenvalue weighted by Gasteiger charge is 2.73. The molecule has 22 heteroatoms. The van der Waals surface area contributed by atoms with Crippen molar-refractivity contribution in [3.8, 4) is 11.4 Å². The number of esters is 2. The quantitative estimate of drug-likeness (QED) is 0.0515. The fraction of sp³-hybridized carbons (Fsp3) is 0.563. The van der Waals surface area contributed by atoms with Gasteiger partial charge in [0.1, 0.15) is 0 Å². The van der Waals surface area contributed by atoms with Crippen LogP contribution in [0.4, 0.5) is 4.79 Å². The molecule has 0 saturated heterocycles. The molecule has 0 spiro atoms. The van der Waals surface area contributed by atoms with E-state index in [2.05, 4.69) is 26.0 Å². The second-order valence-corrected chi connectivity index (χ2v) is 29.6. The van der Waals surface area contributed by atoms with Crippen LogP contribution >= 0.6 is 11.8 Å². The number of aliphatic carboxylic acids is 1. The molecule has 0 bridgehead atoms. The van der Waals surface area contributed by atoms with Gasteiger partial charge in [0.25, 0.3) is 5.24 Å². The smallest absolute Gasteiger partial charge is 0.348 e. The summed E-state index contributed by atoms with van der Waals surface area (Å²) in [7, 11) is 3.17. The van der Waals surface area contributed by atoms with Gasteiger partial charge in [-0.2, -0.15) is 10.2 Å². The minimum absolute atomic E-state index is 0.000109. The fourth-order valence-electron chi connectivity index (χ4n) is 19.0. The minimum atomic E-state index is -1.63. The molecule has 2 aromatic heterocycles. The average molecular weight is 1290 g/mol. The Bertz CT molecular complexity index is 3810. The number of aromatic nitrogens is 4. The summed E-state index contributed by atoms with van der Waals surface area (Å²) < 4.78 is 15.6. The average Bonchev–Trinajstić information content (AvgIpc) is 1.65. The van der Waals surface area contributed by atoms with Gasteiger partial charge in [-0.15, -0.1) is 0 Å². The highest BCUT2D eigenvalue weighted by Crippen LogP contribution is 2.71. The third kappa shape index (κ3) is 11.2. The topological polar surface area (TPSA) is 324 Å². The first-order valence-corrected chi connectivity index (χ1v) is 33.7. The van der Waals surface area contributed by atoms with Gasteiger partial charge in [-0.05, 0) is 171 Å². The summed E-state index contributed by atoms with van der Waals surface area (Å²) in [5, 5.41) is 43.0. The number of rotatable bonds is 16. The number of benzene rings is 2. The molecular weight excluding hydrogens is 1210 g/mol. The predicted molar refractivity (Wildman–Crippen MR) is 345 cm³/mol. The molecular formula is C71H87N7O14S. The number of hydrogen-bond acceptors (Lipinski definition) is 16. The number of hydrogen-bond donors (Lipinski definition) is 5. The van der Waals surface area contributed by atoms with Crippen molar-refractivity contribution in [2.45, 2.75) is 181 Å². The van der Waals surface area contributed by atoms with E-state index in [0.29, 0.717) is 55.0 Å². The molecule has 0 unspecified atom stereocenters. The van der Waals surface area contributed by atoms with Gasteiger partial charge in [-0.1, -0.05) is 77.0 Å². The number of aliphatic hydroxyl groups excluding tert-OH is 2. The maximum atomic E-state index is 14.0. The van der Waals surface area contributed by atoms with Crippen LogP contribution in [0.15, 0.2) is 72.1 Å². The molecule has 6 saturated carbocycles. The van der Waals surface area contributed by atoms with E-state index in [1.807, 2.05) is 47.7 Å². The van der Waals surface area contributed by atoms with Gasteiger partial charge in [-0.25, -0.2) is 14.2 Å². The van der Waals surface area contributed by atoms with Crippen LogP contribution in [0.1, 0.15) is 188 Å². The number of primary amides is 2. The van der Waals surface area contributed by atoms with Crippen LogP contribution < -0.4 is 11.5 Å². The predicted octanol–water partition coefficient (Wildman–Crippen LogP) is 9.36. The molecule has 6 fully saturated rings. The van der Waals surface area contributed by atoms with Crippen molar-refractivity contribution in [2.24, 2.45) is 68.6 Å². The Kier molecular flexibility index (Phi) is 18.0. The van der Waals surface area contributed by atoms with Crippen molar-refractivity contribution in [1.82, 2.24) is 24.5 Å². The molecule has 496 valence electrons. The molecule has 14 atom stereocenters. The highest BCUT2D eigenvalue weighted by atomic mass is 32.2. The van der Waals surface area contributed by atoms with Gasteiger partial charge < -0.3 is 41.2 Å². The molecule has 7 N–H and O–H groups in total. The van der Waals surface area contributed by atoms with E-state index in [0.717, 1.165) is 59.6 Å². The van der Waals surface area contributed by atoms with Crippen LogP contribution in [0, 0.1) is 57.2 Å². The largest absolute Gasteiger partial charge is 0.478 e. The minimum Gasteiger partial charge on any atom is -0.478 e. The third-order valence-corrected chi connectivity index (χ3v) is 24.5. The second kappa shape index (κ2) is 25.0. The lowest BCUT2D eigenvalue weighted by atomic mass is 9.45. The van der Waals surface area contributed by atoms with Crippen LogP contribution in [0.2, 0.25) is 0 Å². The number of carboxylic acid groups (broad SMARTS) is 1. The van der Waals surface area contributed by atoms with E-state index in [-0.39, 0.29) is 116 Å². The van der Waals surface area contributed by atoms with Crippen LogP contribution in [-0.4, -0.2) is 129 Å². The maximum Gasteiger partial charge on any atom is 0.348 e. The molecule has 2 aromatic carbocycles. The van der Waals surface area contributed by atoms with Gasteiger partial charge in [0.05, 0.1) is 47.4 Å². The number of nitrogens with zero attached hydrogens (tertiary/aromatic N) is 5. The number of nitrogens with two attached hydrogens (primary N) is 2. The molecule has 93 heavy (non-hydrogen) atoms. The summed E-state index contributed by atoms with van der Waals surface area (Å²) in [5.41, 5.74) is 13.9. The lowest BCUT2D eigenvalue weighted by molar-refractivity contribution is -0.210. The number of ketones is 2. The molecule has 0 aliphatic heterocycles.